The van der Waals surface area contributed by atoms with Crippen molar-refractivity contribution in [1.29, 1.82) is 0 Å². The summed E-state index contributed by atoms with van der Waals surface area (Å²) in [5, 5.41) is 6.31. The van der Waals surface area contributed by atoms with E-state index in [1.807, 2.05) is 42.5 Å². The summed E-state index contributed by atoms with van der Waals surface area (Å²) in [7, 11) is 0. The molecule has 0 spiro atoms. The lowest BCUT2D eigenvalue weighted by Gasteiger charge is -2.22. The molecule has 0 aliphatic carbocycles. The molecule has 0 saturated carbocycles. The Bertz CT molecular complexity index is 899. The quantitative estimate of drug-likeness (QED) is 0.787. The van der Waals surface area contributed by atoms with E-state index in [9.17, 15) is 9.59 Å². The standard InChI is InChI=1S/C23H25N3O2/c27-22(9-6-16-10-12-24-13-11-16)26-21-15-19-14-18(7-8-20(19)25-21)23(28)17-4-2-1-3-5-17/h1-5,7-8,14,16,24H,6,9-13,15H2,(H,25,26,27). The van der Waals surface area contributed by atoms with Gasteiger partial charge in [0.25, 0.3) is 0 Å². The molecule has 1 saturated heterocycles. The van der Waals surface area contributed by atoms with E-state index in [1.54, 1.807) is 6.07 Å². The third-order valence-corrected chi connectivity index (χ3v) is 5.51. The minimum atomic E-state index is 0.00265. The molecule has 0 aromatic heterocycles. The second-order valence-electron chi connectivity index (χ2n) is 7.55. The van der Waals surface area contributed by atoms with Gasteiger partial charge in [0.1, 0.15) is 5.84 Å². The Labute approximate surface area is 165 Å². The summed E-state index contributed by atoms with van der Waals surface area (Å²) < 4.78 is 0. The Morgan fingerprint density at radius 3 is 2.61 bits per heavy atom. The van der Waals surface area contributed by atoms with Crippen LogP contribution in [0.1, 0.15) is 47.2 Å². The molecule has 28 heavy (non-hydrogen) atoms. The lowest BCUT2D eigenvalue weighted by molar-refractivity contribution is -0.120. The normalized spacial score (nSPS) is 16.4. The number of amides is 1. The van der Waals surface area contributed by atoms with Crippen molar-refractivity contribution < 1.29 is 9.59 Å². The van der Waals surface area contributed by atoms with E-state index in [2.05, 4.69) is 15.6 Å². The van der Waals surface area contributed by atoms with Gasteiger partial charge < -0.3 is 10.6 Å². The molecule has 2 aliphatic rings. The first-order valence-corrected chi connectivity index (χ1v) is 10.00. The summed E-state index contributed by atoms with van der Waals surface area (Å²) in [6, 6.07) is 14.8. The van der Waals surface area contributed by atoms with Gasteiger partial charge in [-0.25, -0.2) is 4.99 Å². The summed E-state index contributed by atoms with van der Waals surface area (Å²) in [5.41, 5.74) is 3.14. The van der Waals surface area contributed by atoms with E-state index < -0.39 is 0 Å². The van der Waals surface area contributed by atoms with E-state index in [0.29, 0.717) is 35.7 Å². The van der Waals surface area contributed by atoms with Crippen molar-refractivity contribution in [2.24, 2.45) is 10.9 Å². The van der Waals surface area contributed by atoms with Crippen LogP contribution in [-0.2, 0) is 11.2 Å². The maximum atomic E-state index is 12.6. The number of ketones is 1. The van der Waals surface area contributed by atoms with Crippen LogP contribution in [0, 0.1) is 5.92 Å². The first-order chi connectivity index (χ1) is 13.7. The van der Waals surface area contributed by atoms with Gasteiger partial charge in [-0.15, -0.1) is 0 Å². The molecule has 1 fully saturated rings. The molecule has 1 amide bonds. The molecule has 4 rings (SSSR count). The Morgan fingerprint density at radius 1 is 1.04 bits per heavy atom. The number of carbonyl (C=O) groups excluding carboxylic acids is 2. The minimum absolute atomic E-state index is 0.00265. The number of benzene rings is 2. The fraction of sp³-hybridized carbons (Fsp3) is 0.348. The van der Waals surface area contributed by atoms with Gasteiger partial charge in [0.05, 0.1) is 5.69 Å². The average molecular weight is 375 g/mol. The number of amidine groups is 1. The molecule has 2 aromatic carbocycles. The molecule has 0 radical (unpaired) electrons. The molecule has 0 unspecified atom stereocenters. The fourth-order valence-electron chi connectivity index (χ4n) is 3.90. The highest BCUT2D eigenvalue weighted by atomic mass is 16.1. The predicted octanol–water partition coefficient (Wildman–Crippen LogP) is 3.40. The average Bonchev–Trinajstić information content (AvgIpc) is 3.14. The summed E-state index contributed by atoms with van der Waals surface area (Å²) in [4.78, 5) is 29.4. The van der Waals surface area contributed by atoms with Crippen LogP contribution in [0.4, 0.5) is 5.69 Å². The molecular formula is C23H25N3O2. The van der Waals surface area contributed by atoms with Crippen LogP contribution in [0.2, 0.25) is 0 Å². The van der Waals surface area contributed by atoms with Gasteiger partial charge in [0.15, 0.2) is 5.78 Å². The van der Waals surface area contributed by atoms with Gasteiger partial charge >= 0.3 is 0 Å². The molecule has 2 aliphatic heterocycles. The summed E-state index contributed by atoms with van der Waals surface area (Å²) in [5.74, 6) is 1.35. The maximum absolute atomic E-state index is 12.6. The molecule has 0 bridgehead atoms. The largest absolute Gasteiger partial charge is 0.317 e. The van der Waals surface area contributed by atoms with Crippen LogP contribution >= 0.6 is 0 Å². The first-order valence-electron chi connectivity index (χ1n) is 10.00. The number of rotatable bonds is 5. The van der Waals surface area contributed by atoms with Gasteiger partial charge in [-0.1, -0.05) is 30.3 Å². The molecule has 0 atom stereocenters. The fourth-order valence-corrected chi connectivity index (χ4v) is 3.90. The van der Waals surface area contributed by atoms with Gasteiger partial charge in [-0.3, -0.25) is 9.59 Å². The zero-order valence-electron chi connectivity index (χ0n) is 15.9. The third-order valence-electron chi connectivity index (χ3n) is 5.51. The number of fused-ring (bicyclic) bond motifs is 1. The van der Waals surface area contributed by atoms with Crippen LogP contribution in [0.15, 0.2) is 53.5 Å². The van der Waals surface area contributed by atoms with E-state index >= 15 is 0 Å². The Hall–Kier alpha value is -2.79. The Kier molecular flexibility index (Phi) is 5.63. The smallest absolute Gasteiger partial charge is 0.225 e. The number of aliphatic imine (C=N–C) groups is 1. The van der Waals surface area contributed by atoms with Crippen molar-refractivity contribution in [1.82, 2.24) is 10.6 Å². The van der Waals surface area contributed by atoms with Crippen LogP contribution in [-0.4, -0.2) is 30.6 Å². The van der Waals surface area contributed by atoms with Gasteiger partial charge in [-0.2, -0.15) is 0 Å². The van der Waals surface area contributed by atoms with Gasteiger partial charge in [0, 0.05) is 24.0 Å². The van der Waals surface area contributed by atoms with Crippen LogP contribution < -0.4 is 10.6 Å². The van der Waals surface area contributed by atoms with Crippen molar-refractivity contribution in [3.8, 4) is 0 Å². The molecular weight excluding hydrogens is 350 g/mol. The van der Waals surface area contributed by atoms with Crippen molar-refractivity contribution in [2.45, 2.75) is 32.1 Å². The molecule has 2 heterocycles. The number of nitrogens with zero attached hydrogens (tertiary/aromatic N) is 1. The second kappa shape index (κ2) is 8.48. The number of nitrogens with one attached hydrogen (secondary N) is 2. The number of piperidine rings is 1. The van der Waals surface area contributed by atoms with Crippen LogP contribution in [0.5, 0.6) is 0 Å². The topological polar surface area (TPSA) is 70.6 Å². The highest BCUT2D eigenvalue weighted by molar-refractivity contribution is 6.10. The third kappa shape index (κ3) is 4.37. The lowest BCUT2D eigenvalue weighted by Crippen LogP contribution is -2.32. The van der Waals surface area contributed by atoms with Gasteiger partial charge in [0.2, 0.25) is 5.91 Å². The van der Waals surface area contributed by atoms with E-state index in [4.69, 9.17) is 0 Å². The van der Waals surface area contributed by atoms with E-state index in [0.717, 1.165) is 43.6 Å². The molecule has 5 heteroatoms. The second-order valence-corrected chi connectivity index (χ2v) is 7.55. The molecule has 2 aromatic rings. The number of carbonyl (C=O) groups is 2. The minimum Gasteiger partial charge on any atom is -0.317 e. The van der Waals surface area contributed by atoms with E-state index in [-0.39, 0.29) is 11.7 Å². The Morgan fingerprint density at radius 2 is 1.82 bits per heavy atom. The Balaban J connectivity index is 1.34. The maximum Gasteiger partial charge on any atom is 0.225 e. The summed E-state index contributed by atoms with van der Waals surface area (Å²) in [6.45, 7) is 2.11. The SMILES string of the molecule is O=C(CCC1CCNCC1)NC1=Nc2ccc(C(=O)c3ccccc3)cc2C1. The lowest BCUT2D eigenvalue weighted by atomic mass is 9.93. The van der Waals surface area contributed by atoms with Crippen LogP contribution in [0.3, 0.4) is 0 Å². The molecule has 2 N–H and O–H groups in total. The number of hydrogen-bond acceptors (Lipinski definition) is 4. The summed E-state index contributed by atoms with van der Waals surface area (Å²) in [6.07, 6.45) is 4.33. The first kappa shape index (κ1) is 18.6. The number of hydrogen-bond donors (Lipinski definition) is 2. The molecule has 5 nitrogen and oxygen atoms in total. The van der Waals surface area contributed by atoms with Crippen molar-refractivity contribution in [2.75, 3.05) is 13.1 Å². The summed E-state index contributed by atoms with van der Waals surface area (Å²) >= 11 is 0. The van der Waals surface area contributed by atoms with E-state index in [1.165, 1.54) is 0 Å². The van der Waals surface area contributed by atoms with Crippen LogP contribution in [0.25, 0.3) is 0 Å². The van der Waals surface area contributed by atoms with Crippen molar-refractivity contribution >= 4 is 23.2 Å². The highest BCUT2D eigenvalue weighted by Crippen LogP contribution is 2.28. The predicted molar refractivity (Wildman–Crippen MR) is 110 cm³/mol. The van der Waals surface area contributed by atoms with Crippen molar-refractivity contribution in [3.63, 3.8) is 0 Å². The zero-order chi connectivity index (χ0) is 19.3. The zero-order valence-corrected chi connectivity index (χ0v) is 15.9. The van der Waals surface area contributed by atoms with Gasteiger partial charge in [-0.05, 0) is 62.0 Å². The highest BCUT2D eigenvalue weighted by Gasteiger charge is 2.20. The monoisotopic (exact) mass is 375 g/mol. The van der Waals surface area contributed by atoms with Crippen molar-refractivity contribution in [3.05, 3.63) is 65.2 Å². The molecule has 144 valence electrons.